The SMILES string of the molecule is Cc1cc(Oc2ccccc2F)ncc1-n1ncc(C(=O)C2=Cc3cc(OCC(F)F)c(N4CCOCC4)cc3C2)c1N. The smallest absolute Gasteiger partial charge is 0.272 e. The van der Waals surface area contributed by atoms with Crippen molar-refractivity contribution in [2.24, 2.45) is 0 Å². The molecule has 12 heteroatoms. The van der Waals surface area contributed by atoms with Crippen molar-refractivity contribution in [2.75, 3.05) is 43.5 Å². The number of ether oxygens (including phenoxy) is 3. The summed E-state index contributed by atoms with van der Waals surface area (Å²) >= 11 is 0. The molecule has 4 aromatic rings. The van der Waals surface area contributed by atoms with Crippen molar-refractivity contribution in [2.45, 2.75) is 19.8 Å². The average molecular weight is 592 g/mol. The number of aromatic nitrogens is 3. The summed E-state index contributed by atoms with van der Waals surface area (Å²) in [5, 5.41) is 4.34. The average Bonchev–Trinajstić information content (AvgIpc) is 3.60. The number of carbonyl (C=O) groups is 1. The first kappa shape index (κ1) is 28.3. The van der Waals surface area contributed by atoms with Crippen LogP contribution in [0.2, 0.25) is 0 Å². The van der Waals surface area contributed by atoms with Crippen LogP contribution < -0.4 is 20.1 Å². The lowest BCUT2D eigenvalue weighted by molar-refractivity contribution is 0.0816. The number of para-hydroxylation sites is 1. The fourth-order valence-corrected chi connectivity index (χ4v) is 5.16. The van der Waals surface area contributed by atoms with Crippen molar-refractivity contribution in [3.63, 3.8) is 0 Å². The van der Waals surface area contributed by atoms with E-state index in [1.165, 1.54) is 29.2 Å². The van der Waals surface area contributed by atoms with E-state index in [-0.39, 0.29) is 28.8 Å². The summed E-state index contributed by atoms with van der Waals surface area (Å²) in [7, 11) is 0. The highest BCUT2D eigenvalue weighted by Crippen LogP contribution is 2.38. The van der Waals surface area contributed by atoms with Crippen LogP contribution in [-0.2, 0) is 11.2 Å². The number of morpholine rings is 1. The Morgan fingerprint density at radius 3 is 2.63 bits per heavy atom. The Balaban J connectivity index is 1.23. The van der Waals surface area contributed by atoms with Gasteiger partial charge in [0.25, 0.3) is 6.43 Å². The maximum absolute atomic E-state index is 14.0. The molecule has 3 heterocycles. The van der Waals surface area contributed by atoms with Crippen LogP contribution in [0, 0.1) is 12.7 Å². The number of halogens is 3. The Bertz CT molecular complexity index is 1720. The van der Waals surface area contributed by atoms with Gasteiger partial charge in [0.15, 0.2) is 17.3 Å². The topological polar surface area (TPSA) is 105 Å². The van der Waals surface area contributed by atoms with Crippen LogP contribution >= 0.6 is 0 Å². The van der Waals surface area contributed by atoms with E-state index in [0.29, 0.717) is 61.0 Å². The molecule has 1 fully saturated rings. The largest absolute Gasteiger partial charge is 0.485 e. The first-order valence-electron chi connectivity index (χ1n) is 13.7. The zero-order chi connectivity index (χ0) is 30.1. The maximum Gasteiger partial charge on any atom is 0.272 e. The number of aryl methyl sites for hydroxylation is 1. The summed E-state index contributed by atoms with van der Waals surface area (Å²) in [6, 6.07) is 11.2. The van der Waals surface area contributed by atoms with Crippen molar-refractivity contribution in [1.82, 2.24) is 14.8 Å². The zero-order valence-electron chi connectivity index (χ0n) is 23.2. The number of carbonyl (C=O) groups excluding carboxylic acids is 1. The summed E-state index contributed by atoms with van der Waals surface area (Å²) in [5.74, 6) is -0.107. The molecule has 0 bridgehead atoms. The number of ketones is 1. The number of rotatable bonds is 9. The van der Waals surface area contributed by atoms with E-state index in [2.05, 4.69) is 10.1 Å². The fourth-order valence-electron chi connectivity index (χ4n) is 5.16. The molecule has 0 atom stereocenters. The van der Waals surface area contributed by atoms with Crippen LogP contribution in [0.3, 0.4) is 0 Å². The highest BCUT2D eigenvalue weighted by Gasteiger charge is 2.27. The van der Waals surface area contributed by atoms with E-state index in [0.717, 1.165) is 11.1 Å². The van der Waals surface area contributed by atoms with E-state index >= 15 is 0 Å². The second-order valence-corrected chi connectivity index (χ2v) is 10.2. The number of pyridine rings is 1. The summed E-state index contributed by atoms with van der Waals surface area (Å²) in [6.45, 7) is 3.31. The van der Waals surface area contributed by atoms with Gasteiger partial charge in [-0.2, -0.15) is 5.10 Å². The van der Waals surface area contributed by atoms with Gasteiger partial charge in [0, 0.05) is 31.1 Å². The van der Waals surface area contributed by atoms with Gasteiger partial charge in [0.1, 0.15) is 18.2 Å². The molecule has 0 saturated carbocycles. The van der Waals surface area contributed by atoms with E-state index in [9.17, 15) is 18.0 Å². The number of nitrogens with two attached hydrogens (primary N) is 1. The predicted molar refractivity (Wildman–Crippen MR) is 154 cm³/mol. The van der Waals surface area contributed by atoms with Gasteiger partial charge < -0.3 is 24.8 Å². The van der Waals surface area contributed by atoms with Gasteiger partial charge in [-0.05, 0) is 54.0 Å². The third-order valence-electron chi connectivity index (χ3n) is 7.33. The van der Waals surface area contributed by atoms with Crippen molar-refractivity contribution in [3.8, 4) is 23.1 Å². The van der Waals surface area contributed by atoms with E-state index in [1.807, 2.05) is 11.0 Å². The molecule has 9 nitrogen and oxygen atoms in total. The maximum atomic E-state index is 14.0. The quantitative estimate of drug-likeness (QED) is 0.259. The molecule has 0 unspecified atom stereocenters. The monoisotopic (exact) mass is 591 g/mol. The van der Waals surface area contributed by atoms with Crippen LogP contribution in [0.25, 0.3) is 11.8 Å². The van der Waals surface area contributed by atoms with E-state index in [1.54, 1.807) is 37.3 Å². The van der Waals surface area contributed by atoms with Crippen molar-refractivity contribution >= 4 is 23.4 Å². The van der Waals surface area contributed by atoms with E-state index < -0.39 is 18.8 Å². The van der Waals surface area contributed by atoms with Crippen LogP contribution in [0.5, 0.6) is 17.4 Å². The highest BCUT2D eigenvalue weighted by atomic mass is 19.3. The number of Topliss-reactive ketones (excluding diaryl/α,β-unsaturated/α-hetero) is 1. The lowest BCUT2D eigenvalue weighted by Gasteiger charge is -2.30. The van der Waals surface area contributed by atoms with Gasteiger partial charge in [0.05, 0.1) is 42.5 Å². The van der Waals surface area contributed by atoms with Gasteiger partial charge in [0.2, 0.25) is 5.88 Å². The lowest BCUT2D eigenvalue weighted by atomic mass is 10.0. The van der Waals surface area contributed by atoms with Gasteiger partial charge in [-0.3, -0.25) is 4.79 Å². The standard InChI is InChI=1S/C31H28F3N5O4/c1-18-10-29(43-26-5-3-2-4-23(26)32)36-16-25(18)39-31(35)22(15-37-39)30(40)21-11-19-13-24(38-6-8-41-9-7-38)27(14-20(19)12-21)42-17-28(33)34/h2-5,10,12-16,28H,6-9,11,17,35H2,1H3. The molecule has 222 valence electrons. The van der Waals surface area contributed by atoms with Crippen LogP contribution in [0.4, 0.5) is 24.7 Å². The van der Waals surface area contributed by atoms with Gasteiger partial charge in [-0.15, -0.1) is 0 Å². The molecule has 0 spiro atoms. The minimum absolute atomic E-state index is 0.0456. The Kier molecular flexibility index (Phi) is 7.76. The van der Waals surface area contributed by atoms with Crippen LogP contribution in [0.1, 0.15) is 27.0 Å². The number of hydrogen-bond donors (Lipinski definition) is 1. The van der Waals surface area contributed by atoms with Crippen molar-refractivity contribution in [1.29, 1.82) is 0 Å². The Labute approximate surface area is 245 Å². The summed E-state index contributed by atoms with van der Waals surface area (Å²) < 4.78 is 57.8. The minimum Gasteiger partial charge on any atom is -0.485 e. The van der Waals surface area contributed by atoms with Crippen LogP contribution in [-0.4, -0.2) is 59.9 Å². The molecule has 43 heavy (non-hydrogen) atoms. The molecule has 1 aliphatic heterocycles. The number of nitrogens with zero attached hydrogens (tertiary/aromatic N) is 4. The second kappa shape index (κ2) is 11.8. The zero-order valence-corrected chi connectivity index (χ0v) is 23.2. The Morgan fingerprint density at radius 2 is 1.88 bits per heavy atom. The number of fused-ring (bicyclic) bond motifs is 1. The molecule has 1 aliphatic carbocycles. The van der Waals surface area contributed by atoms with Crippen molar-refractivity contribution < 1.29 is 32.2 Å². The summed E-state index contributed by atoms with van der Waals surface area (Å²) in [6.07, 6.45) is 2.35. The molecular weight excluding hydrogens is 563 g/mol. The van der Waals surface area contributed by atoms with Crippen molar-refractivity contribution in [3.05, 3.63) is 88.5 Å². The summed E-state index contributed by atoms with van der Waals surface area (Å²) in [4.78, 5) is 19.9. The first-order valence-corrected chi connectivity index (χ1v) is 13.7. The Morgan fingerprint density at radius 1 is 1.09 bits per heavy atom. The molecule has 6 rings (SSSR count). The second-order valence-electron chi connectivity index (χ2n) is 10.2. The van der Waals surface area contributed by atoms with Gasteiger partial charge in [-0.25, -0.2) is 22.8 Å². The van der Waals surface area contributed by atoms with Crippen LogP contribution in [0.15, 0.2) is 60.4 Å². The number of allylic oxidation sites excluding steroid dienone is 1. The fraction of sp³-hybridized carbons (Fsp3) is 0.258. The molecule has 2 N–H and O–H groups in total. The number of nitrogen functional groups attached to an aromatic ring is 1. The number of hydrogen-bond acceptors (Lipinski definition) is 8. The van der Waals surface area contributed by atoms with E-state index in [4.69, 9.17) is 19.9 Å². The number of benzene rings is 2. The molecule has 2 aliphatic rings. The summed E-state index contributed by atoms with van der Waals surface area (Å²) in [5.41, 5.74) is 10.6. The molecular formula is C31H28F3N5O4. The molecule has 0 amide bonds. The lowest BCUT2D eigenvalue weighted by Crippen LogP contribution is -2.36. The highest BCUT2D eigenvalue weighted by molar-refractivity contribution is 6.15. The Hall–Kier alpha value is -4.84. The molecule has 2 aromatic carbocycles. The number of alkyl halides is 2. The normalized spacial score (nSPS) is 14.5. The molecule has 1 saturated heterocycles. The third kappa shape index (κ3) is 5.78. The minimum atomic E-state index is -2.62. The predicted octanol–water partition coefficient (Wildman–Crippen LogP) is 5.39. The number of anilines is 2. The van der Waals surface area contributed by atoms with Gasteiger partial charge >= 0.3 is 0 Å². The first-order chi connectivity index (χ1) is 20.8. The molecule has 0 radical (unpaired) electrons. The third-order valence-corrected chi connectivity index (χ3v) is 7.33. The van der Waals surface area contributed by atoms with Gasteiger partial charge in [-0.1, -0.05) is 12.1 Å². The molecule has 2 aromatic heterocycles.